The minimum atomic E-state index is -0.659. The van der Waals surface area contributed by atoms with E-state index in [1.54, 1.807) is 6.92 Å². The fourth-order valence-corrected chi connectivity index (χ4v) is 1.51. The van der Waals surface area contributed by atoms with Gasteiger partial charge in [-0.25, -0.2) is 0 Å². The quantitative estimate of drug-likeness (QED) is 0.503. The van der Waals surface area contributed by atoms with Crippen LogP contribution in [0.5, 0.6) is 0 Å². The van der Waals surface area contributed by atoms with Crippen LogP contribution in [0.4, 0.5) is 5.69 Å². The first-order chi connectivity index (χ1) is 8.93. The summed E-state index contributed by atoms with van der Waals surface area (Å²) in [7, 11) is 0. The number of non-ortho nitro benzene ring substituents is 1. The molecule has 1 rings (SSSR count). The highest BCUT2D eigenvalue weighted by atomic mass is 35.5. The third kappa shape index (κ3) is 4.55. The Kier molecular flexibility index (Phi) is 5.25. The van der Waals surface area contributed by atoms with E-state index < -0.39 is 16.8 Å². The first-order valence-corrected chi connectivity index (χ1v) is 5.70. The Balaban J connectivity index is 2.77. The SMILES string of the molecule is CCOC(=O)CNC(=O)c1cc(Cl)cc([N+](=O)[O-])c1. The molecule has 1 amide bonds. The summed E-state index contributed by atoms with van der Waals surface area (Å²) < 4.78 is 4.63. The van der Waals surface area contributed by atoms with Crippen LogP contribution in [0.25, 0.3) is 0 Å². The minimum absolute atomic E-state index is 0.00324. The number of halogens is 1. The third-order valence-corrected chi connectivity index (χ3v) is 2.27. The van der Waals surface area contributed by atoms with E-state index in [0.29, 0.717) is 0 Å². The topological polar surface area (TPSA) is 98.5 Å². The van der Waals surface area contributed by atoms with Crippen molar-refractivity contribution >= 4 is 29.2 Å². The summed E-state index contributed by atoms with van der Waals surface area (Å²) in [6.07, 6.45) is 0. The number of esters is 1. The highest BCUT2D eigenvalue weighted by Gasteiger charge is 2.14. The number of benzene rings is 1. The Morgan fingerprint density at radius 3 is 2.68 bits per heavy atom. The summed E-state index contributed by atoms with van der Waals surface area (Å²) in [5.41, 5.74) is -0.294. The van der Waals surface area contributed by atoms with Crippen molar-refractivity contribution in [3.63, 3.8) is 0 Å². The number of hydrogen-bond donors (Lipinski definition) is 1. The second-order valence-corrected chi connectivity index (χ2v) is 3.88. The average molecular weight is 287 g/mol. The monoisotopic (exact) mass is 286 g/mol. The molecular formula is C11H11ClN2O5. The molecule has 8 heteroatoms. The zero-order valence-electron chi connectivity index (χ0n) is 10.0. The molecule has 0 aliphatic heterocycles. The molecule has 0 fully saturated rings. The van der Waals surface area contributed by atoms with E-state index in [1.807, 2.05) is 0 Å². The Morgan fingerprint density at radius 2 is 2.11 bits per heavy atom. The number of nitro benzene ring substituents is 1. The van der Waals surface area contributed by atoms with E-state index in [2.05, 4.69) is 10.1 Å². The van der Waals surface area contributed by atoms with E-state index in [0.717, 1.165) is 12.1 Å². The molecule has 0 bridgehead atoms. The van der Waals surface area contributed by atoms with Gasteiger partial charge in [0.15, 0.2) is 0 Å². The molecule has 0 spiro atoms. The first-order valence-electron chi connectivity index (χ1n) is 5.33. The molecule has 7 nitrogen and oxygen atoms in total. The molecule has 1 aromatic carbocycles. The molecule has 0 saturated carbocycles. The first kappa shape index (κ1) is 14.9. The van der Waals surface area contributed by atoms with E-state index in [4.69, 9.17) is 11.6 Å². The van der Waals surface area contributed by atoms with Crippen LogP contribution in [0, 0.1) is 10.1 Å². The van der Waals surface area contributed by atoms with E-state index in [9.17, 15) is 19.7 Å². The number of nitro groups is 1. The predicted molar refractivity (Wildman–Crippen MR) is 67.1 cm³/mol. The molecule has 19 heavy (non-hydrogen) atoms. The molecule has 1 N–H and O–H groups in total. The van der Waals surface area contributed by atoms with Gasteiger partial charge in [0.25, 0.3) is 11.6 Å². The highest BCUT2D eigenvalue weighted by molar-refractivity contribution is 6.31. The number of amides is 1. The van der Waals surface area contributed by atoms with Gasteiger partial charge in [0.2, 0.25) is 0 Å². The van der Waals surface area contributed by atoms with Crippen LogP contribution < -0.4 is 5.32 Å². The van der Waals surface area contributed by atoms with Crippen molar-refractivity contribution in [3.05, 3.63) is 38.9 Å². The molecular weight excluding hydrogens is 276 g/mol. The number of rotatable bonds is 5. The molecule has 0 aromatic heterocycles. The van der Waals surface area contributed by atoms with Gasteiger partial charge in [-0.1, -0.05) is 11.6 Å². The minimum Gasteiger partial charge on any atom is -0.465 e. The summed E-state index contributed by atoms with van der Waals surface area (Å²) >= 11 is 5.67. The molecule has 0 atom stereocenters. The molecule has 0 unspecified atom stereocenters. The lowest BCUT2D eigenvalue weighted by Gasteiger charge is -2.05. The van der Waals surface area contributed by atoms with E-state index >= 15 is 0 Å². The van der Waals surface area contributed by atoms with Crippen LogP contribution in [0.3, 0.4) is 0 Å². The number of nitrogens with one attached hydrogen (secondary N) is 1. The normalized spacial score (nSPS) is 9.79. The van der Waals surface area contributed by atoms with Gasteiger partial charge in [-0.15, -0.1) is 0 Å². The van der Waals surface area contributed by atoms with Crippen molar-refractivity contribution in [2.45, 2.75) is 6.92 Å². The van der Waals surface area contributed by atoms with Crippen molar-refractivity contribution in [1.29, 1.82) is 0 Å². The Bertz CT molecular complexity index is 518. The summed E-state index contributed by atoms with van der Waals surface area (Å²) in [5, 5.41) is 13.0. The van der Waals surface area contributed by atoms with Gasteiger partial charge in [-0.05, 0) is 13.0 Å². The van der Waals surface area contributed by atoms with Crippen LogP contribution in [0.2, 0.25) is 5.02 Å². The number of carbonyl (C=O) groups is 2. The lowest BCUT2D eigenvalue weighted by molar-refractivity contribution is -0.384. The van der Waals surface area contributed by atoms with E-state index in [1.165, 1.54) is 6.07 Å². The van der Waals surface area contributed by atoms with Crippen molar-refractivity contribution in [1.82, 2.24) is 5.32 Å². The van der Waals surface area contributed by atoms with Crippen molar-refractivity contribution in [3.8, 4) is 0 Å². The summed E-state index contributed by atoms with van der Waals surface area (Å²) in [4.78, 5) is 32.7. The van der Waals surface area contributed by atoms with Crippen molar-refractivity contribution in [2.24, 2.45) is 0 Å². The van der Waals surface area contributed by atoms with Gasteiger partial charge >= 0.3 is 5.97 Å². The summed E-state index contributed by atoms with van der Waals surface area (Å²) in [6.45, 7) is 1.53. The van der Waals surface area contributed by atoms with Gasteiger partial charge in [0.05, 0.1) is 11.5 Å². The maximum absolute atomic E-state index is 11.7. The second-order valence-electron chi connectivity index (χ2n) is 3.44. The van der Waals surface area contributed by atoms with Gasteiger partial charge in [0, 0.05) is 22.7 Å². The van der Waals surface area contributed by atoms with Gasteiger partial charge < -0.3 is 10.1 Å². The third-order valence-electron chi connectivity index (χ3n) is 2.05. The lowest BCUT2D eigenvalue weighted by atomic mass is 10.2. The Labute approximate surface area is 113 Å². The summed E-state index contributed by atoms with van der Waals surface area (Å²) in [6, 6.07) is 3.48. The number of carbonyl (C=O) groups excluding carboxylic acids is 2. The van der Waals surface area contributed by atoms with Crippen LogP contribution >= 0.6 is 11.6 Å². The molecule has 0 saturated heterocycles. The highest BCUT2D eigenvalue weighted by Crippen LogP contribution is 2.20. The molecule has 0 radical (unpaired) electrons. The second kappa shape index (κ2) is 6.69. The van der Waals surface area contributed by atoms with Gasteiger partial charge in [-0.2, -0.15) is 0 Å². The molecule has 0 aliphatic rings. The van der Waals surface area contributed by atoms with E-state index in [-0.39, 0.29) is 29.4 Å². The smallest absolute Gasteiger partial charge is 0.325 e. The number of ether oxygens (including phenoxy) is 1. The van der Waals surface area contributed by atoms with Gasteiger partial charge in [0.1, 0.15) is 6.54 Å². The fraction of sp³-hybridized carbons (Fsp3) is 0.273. The maximum atomic E-state index is 11.7. The predicted octanol–water partition coefficient (Wildman–Crippen LogP) is 1.54. The fourth-order valence-electron chi connectivity index (χ4n) is 1.28. The Morgan fingerprint density at radius 1 is 1.42 bits per heavy atom. The van der Waals surface area contributed by atoms with Crippen LogP contribution in [0.15, 0.2) is 18.2 Å². The zero-order valence-corrected chi connectivity index (χ0v) is 10.8. The largest absolute Gasteiger partial charge is 0.465 e. The molecule has 0 aliphatic carbocycles. The van der Waals surface area contributed by atoms with Crippen LogP contribution in [-0.4, -0.2) is 30.0 Å². The van der Waals surface area contributed by atoms with Crippen molar-refractivity contribution in [2.75, 3.05) is 13.2 Å². The van der Waals surface area contributed by atoms with Crippen LogP contribution in [-0.2, 0) is 9.53 Å². The Hall–Kier alpha value is -2.15. The lowest BCUT2D eigenvalue weighted by Crippen LogP contribution is -2.30. The number of hydrogen-bond acceptors (Lipinski definition) is 5. The van der Waals surface area contributed by atoms with Gasteiger partial charge in [-0.3, -0.25) is 19.7 Å². The number of nitrogens with zero attached hydrogens (tertiary/aromatic N) is 1. The maximum Gasteiger partial charge on any atom is 0.325 e. The van der Waals surface area contributed by atoms with Crippen molar-refractivity contribution < 1.29 is 19.2 Å². The molecule has 0 heterocycles. The molecule has 102 valence electrons. The standard InChI is InChI=1S/C11H11ClN2O5/c1-2-19-10(15)6-13-11(16)7-3-8(12)5-9(4-7)14(17)18/h3-5H,2,6H2,1H3,(H,13,16). The average Bonchev–Trinajstić information content (AvgIpc) is 2.35. The summed E-state index contributed by atoms with van der Waals surface area (Å²) in [5.74, 6) is -1.23. The molecule has 1 aromatic rings. The zero-order chi connectivity index (χ0) is 14.4. The van der Waals surface area contributed by atoms with Crippen LogP contribution in [0.1, 0.15) is 17.3 Å².